The van der Waals surface area contributed by atoms with Gasteiger partial charge in [-0.3, -0.25) is 0 Å². The van der Waals surface area contributed by atoms with Gasteiger partial charge in [0.2, 0.25) is 0 Å². The number of rotatable bonds is 4. The number of aryl methyl sites for hydroxylation is 1. The maximum absolute atomic E-state index is 12.0. The highest BCUT2D eigenvalue weighted by molar-refractivity contribution is 7.92. The monoisotopic (exact) mass is 269 g/mol. The minimum absolute atomic E-state index is 0.0408. The molecule has 1 aliphatic rings. The highest BCUT2D eigenvalue weighted by atomic mass is 32.2. The van der Waals surface area contributed by atoms with Crippen molar-refractivity contribution in [1.29, 1.82) is 0 Å². The summed E-state index contributed by atoms with van der Waals surface area (Å²) >= 11 is 0. The molecule has 4 nitrogen and oxygen atoms in total. The number of nitrogens with two attached hydrogens (primary N) is 1. The van der Waals surface area contributed by atoms with Crippen LogP contribution in [0.4, 0.5) is 0 Å². The largest absolute Gasteiger partial charge is 0.489 e. The summed E-state index contributed by atoms with van der Waals surface area (Å²) in [5.74, 6) is 0.847. The second kappa shape index (κ2) is 4.90. The zero-order valence-electron chi connectivity index (χ0n) is 10.7. The Bertz CT molecular complexity index is 539. The first-order valence-electron chi connectivity index (χ1n) is 6.10. The third-order valence-corrected chi connectivity index (χ3v) is 5.58. The smallest absolute Gasteiger partial charge is 0.157 e. The molecule has 0 amide bonds. The Morgan fingerprint density at radius 2 is 2.22 bits per heavy atom. The van der Waals surface area contributed by atoms with Gasteiger partial charge < -0.3 is 10.5 Å². The quantitative estimate of drug-likeness (QED) is 0.887. The number of ether oxygens (including phenoxy) is 1. The van der Waals surface area contributed by atoms with Gasteiger partial charge in [-0.05, 0) is 25.5 Å². The predicted molar refractivity (Wildman–Crippen MR) is 71.6 cm³/mol. The standard InChI is InChI=1S/C13H19NO3S/c1-9-3-4-13-11(5-9)6-12(17-13)8-18(15,16)10(2)7-14/h3-5,10,12H,6-8,14H2,1-2H3. The summed E-state index contributed by atoms with van der Waals surface area (Å²) in [4.78, 5) is 0. The zero-order valence-corrected chi connectivity index (χ0v) is 11.5. The van der Waals surface area contributed by atoms with Crippen molar-refractivity contribution in [3.05, 3.63) is 29.3 Å². The van der Waals surface area contributed by atoms with Crippen molar-refractivity contribution < 1.29 is 13.2 Å². The number of fused-ring (bicyclic) bond motifs is 1. The molecule has 0 aromatic heterocycles. The average molecular weight is 269 g/mol. The van der Waals surface area contributed by atoms with Crippen LogP contribution >= 0.6 is 0 Å². The van der Waals surface area contributed by atoms with Gasteiger partial charge >= 0.3 is 0 Å². The molecule has 18 heavy (non-hydrogen) atoms. The van der Waals surface area contributed by atoms with Crippen molar-refractivity contribution in [2.24, 2.45) is 5.73 Å². The van der Waals surface area contributed by atoms with Crippen molar-refractivity contribution in [2.75, 3.05) is 12.3 Å². The van der Waals surface area contributed by atoms with E-state index in [1.165, 1.54) is 0 Å². The SMILES string of the molecule is Cc1ccc2c(c1)CC(CS(=O)(=O)C(C)CN)O2. The molecule has 1 aromatic rings. The lowest BCUT2D eigenvalue weighted by molar-refractivity contribution is 0.256. The van der Waals surface area contributed by atoms with Crippen LogP contribution in [-0.4, -0.2) is 32.1 Å². The molecule has 1 aliphatic heterocycles. The lowest BCUT2D eigenvalue weighted by Gasteiger charge is -2.14. The summed E-state index contributed by atoms with van der Waals surface area (Å²) in [6.07, 6.45) is 0.383. The fourth-order valence-corrected chi connectivity index (χ4v) is 3.44. The molecule has 2 N–H and O–H groups in total. The molecule has 0 saturated heterocycles. The highest BCUT2D eigenvalue weighted by Crippen LogP contribution is 2.30. The van der Waals surface area contributed by atoms with Crippen LogP contribution in [0.2, 0.25) is 0 Å². The summed E-state index contributed by atoms with van der Waals surface area (Å²) in [6, 6.07) is 5.93. The first-order valence-corrected chi connectivity index (χ1v) is 7.81. The molecule has 1 aromatic carbocycles. The molecule has 1 heterocycles. The third-order valence-electron chi connectivity index (χ3n) is 3.32. The Kier molecular flexibility index (Phi) is 3.64. The molecule has 2 rings (SSSR count). The summed E-state index contributed by atoms with van der Waals surface area (Å²) in [5.41, 5.74) is 7.67. The lowest BCUT2D eigenvalue weighted by atomic mass is 10.1. The Hall–Kier alpha value is -1.07. The zero-order chi connectivity index (χ0) is 13.3. The van der Waals surface area contributed by atoms with E-state index in [1.54, 1.807) is 6.92 Å². The van der Waals surface area contributed by atoms with Gasteiger partial charge in [0.05, 0.1) is 11.0 Å². The van der Waals surface area contributed by atoms with Crippen molar-refractivity contribution in [2.45, 2.75) is 31.6 Å². The van der Waals surface area contributed by atoms with Gasteiger partial charge in [-0.1, -0.05) is 17.7 Å². The Morgan fingerprint density at radius 3 is 2.89 bits per heavy atom. The van der Waals surface area contributed by atoms with Gasteiger partial charge in [0.1, 0.15) is 11.9 Å². The van der Waals surface area contributed by atoms with Crippen LogP contribution in [0.25, 0.3) is 0 Å². The molecule has 0 aliphatic carbocycles. The molecule has 0 radical (unpaired) electrons. The molecular weight excluding hydrogens is 250 g/mol. The minimum atomic E-state index is -3.17. The highest BCUT2D eigenvalue weighted by Gasteiger charge is 2.30. The van der Waals surface area contributed by atoms with Crippen LogP contribution in [0.3, 0.4) is 0 Å². The molecule has 0 bridgehead atoms. The second-order valence-electron chi connectivity index (χ2n) is 4.93. The van der Waals surface area contributed by atoms with E-state index in [1.807, 2.05) is 25.1 Å². The van der Waals surface area contributed by atoms with E-state index in [9.17, 15) is 8.42 Å². The van der Waals surface area contributed by atoms with Gasteiger partial charge in [0.25, 0.3) is 0 Å². The fourth-order valence-electron chi connectivity index (χ4n) is 2.11. The second-order valence-corrected chi connectivity index (χ2v) is 7.39. The van der Waals surface area contributed by atoms with Crippen LogP contribution in [0.1, 0.15) is 18.1 Å². The molecule has 5 heteroatoms. The minimum Gasteiger partial charge on any atom is -0.489 e. The first kappa shape index (κ1) is 13.4. The third kappa shape index (κ3) is 2.67. The molecule has 2 unspecified atom stereocenters. The maximum atomic E-state index is 12.0. The molecule has 2 atom stereocenters. The van der Waals surface area contributed by atoms with Gasteiger partial charge in [0.15, 0.2) is 9.84 Å². The summed E-state index contributed by atoms with van der Waals surface area (Å²) in [5, 5.41) is -0.508. The number of hydrogen-bond donors (Lipinski definition) is 1. The van der Waals surface area contributed by atoms with Gasteiger partial charge in [-0.15, -0.1) is 0 Å². The Labute approximate surface area is 108 Å². The van der Waals surface area contributed by atoms with Gasteiger partial charge in [-0.2, -0.15) is 0 Å². The molecule has 0 fully saturated rings. The van der Waals surface area contributed by atoms with E-state index >= 15 is 0 Å². The van der Waals surface area contributed by atoms with E-state index in [0.717, 1.165) is 16.9 Å². The summed E-state index contributed by atoms with van der Waals surface area (Å²) in [7, 11) is -3.17. The molecule has 0 spiro atoms. The summed E-state index contributed by atoms with van der Waals surface area (Å²) in [6.45, 7) is 3.81. The van der Waals surface area contributed by atoms with Gasteiger partial charge in [-0.25, -0.2) is 8.42 Å². The van der Waals surface area contributed by atoms with E-state index < -0.39 is 15.1 Å². The van der Waals surface area contributed by atoms with Crippen molar-refractivity contribution in [1.82, 2.24) is 0 Å². The average Bonchev–Trinajstić information content (AvgIpc) is 2.68. The number of hydrogen-bond acceptors (Lipinski definition) is 4. The Balaban J connectivity index is 2.08. The maximum Gasteiger partial charge on any atom is 0.157 e. The Morgan fingerprint density at radius 1 is 1.50 bits per heavy atom. The van der Waals surface area contributed by atoms with E-state index in [2.05, 4.69) is 0 Å². The normalized spacial score (nSPS) is 20.3. The van der Waals surface area contributed by atoms with Crippen LogP contribution in [0, 0.1) is 6.92 Å². The molecular formula is C13H19NO3S. The number of sulfone groups is 1. The van der Waals surface area contributed by atoms with Crippen LogP contribution in [0.5, 0.6) is 5.75 Å². The van der Waals surface area contributed by atoms with Crippen molar-refractivity contribution in [3.8, 4) is 5.75 Å². The van der Waals surface area contributed by atoms with E-state index in [0.29, 0.717) is 6.42 Å². The fraction of sp³-hybridized carbons (Fsp3) is 0.538. The molecule has 0 saturated carbocycles. The topological polar surface area (TPSA) is 69.4 Å². The lowest BCUT2D eigenvalue weighted by Crippen LogP contribution is -2.34. The summed E-state index contributed by atoms with van der Waals surface area (Å²) < 4.78 is 29.6. The first-order chi connectivity index (χ1) is 8.42. The van der Waals surface area contributed by atoms with Crippen molar-refractivity contribution >= 4 is 9.84 Å². The van der Waals surface area contributed by atoms with Crippen LogP contribution in [-0.2, 0) is 16.3 Å². The van der Waals surface area contributed by atoms with Crippen molar-refractivity contribution in [3.63, 3.8) is 0 Å². The van der Waals surface area contributed by atoms with Gasteiger partial charge in [0, 0.05) is 13.0 Å². The van der Waals surface area contributed by atoms with E-state index in [-0.39, 0.29) is 18.4 Å². The predicted octanol–water partition coefficient (Wildman–Crippen LogP) is 1.06. The van der Waals surface area contributed by atoms with E-state index in [4.69, 9.17) is 10.5 Å². The molecule has 100 valence electrons. The number of benzene rings is 1. The van der Waals surface area contributed by atoms with Crippen LogP contribution in [0.15, 0.2) is 18.2 Å². The van der Waals surface area contributed by atoms with Crippen LogP contribution < -0.4 is 10.5 Å².